The number of nitrogens with one attached hydrogen (secondary N) is 1. The molecule has 5 nitrogen and oxygen atoms in total. The number of nitrogens with zero attached hydrogens (tertiary/aromatic N) is 3. The predicted molar refractivity (Wildman–Crippen MR) is 81.3 cm³/mol. The topological polar surface area (TPSA) is 59.8 Å². The van der Waals surface area contributed by atoms with E-state index in [-0.39, 0.29) is 18.1 Å². The van der Waals surface area contributed by atoms with Crippen molar-refractivity contribution in [1.82, 2.24) is 14.8 Å². The molecule has 0 fully saturated rings. The predicted octanol–water partition coefficient (Wildman–Crippen LogP) is 2.21. The van der Waals surface area contributed by atoms with E-state index in [4.69, 9.17) is 6.42 Å². The van der Waals surface area contributed by atoms with Crippen LogP contribution in [0.2, 0.25) is 0 Å². The molecular weight excluding hydrogens is 320 g/mol. The van der Waals surface area contributed by atoms with Gasteiger partial charge in [0.1, 0.15) is 11.0 Å². The summed E-state index contributed by atoms with van der Waals surface area (Å²) >= 11 is 3.28. The first kappa shape index (κ1) is 14.3. The number of terminal acetylenes is 1. The van der Waals surface area contributed by atoms with Crippen LogP contribution in [0.5, 0.6) is 0 Å². The van der Waals surface area contributed by atoms with Gasteiger partial charge < -0.3 is 5.32 Å². The molecule has 2 heterocycles. The van der Waals surface area contributed by atoms with Crippen molar-refractivity contribution >= 4 is 21.6 Å². The van der Waals surface area contributed by atoms with Gasteiger partial charge in [-0.3, -0.25) is 9.78 Å². The second-order valence-corrected chi connectivity index (χ2v) is 4.98. The van der Waals surface area contributed by atoms with E-state index >= 15 is 0 Å². The van der Waals surface area contributed by atoms with Crippen LogP contribution in [0.25, 0.3) is 0 Å². The number of aromatic nitrogens is 3. The highest BCUT2D eigenvalue weighted by atomic mass is 79.9. The van der Waals surface area contributed by atoms with Crippen LogP contribution in [-0.4, -0.2) is 14.8 Å². The molecule has 20 heavy (non-hydrogen) atoms. The summed E-state index contributed by atoms with van der Waals surface area (Å²) in [5, 5.41) is 7.25. The van der Waals surface area contributed by atoms with Crippen molar-refractivity contribution in [2.75, 3.05) is 5.32 Å². The molecule has 1 N–H and O–H groups in total. The van der Waals surface area contributed by atoms with Gasteiger partial charge in [-0.05, 0) is 34.5 Å². The van der Waals surface area contributed by atoms with Gasteiger partial charge in [-0.2, -0.15) is 5.10 Å². The lowest BCUT2D eigenvalue weighted by Crippen LogP contribution is -2.24. The van der Waals surface area contributed by atoms with Crippen LogP contribution in [-0.2, 0) is 6.54 Å². The van der Waals surface area contributed by atoms with E-state index in [0.29, 0.717) is 10.2 Å². The van der Waals surface area contributed by atoms with Crippen molar-refractivity contribution < 1.29 is 0 Å². The Bertz CT molecular complexity index is 691. The van der Waals surface area contributed by atoms with Gasteiger partial charge in [0.15, 0.2) is 0 Å². The molecule has 1 atom stereocenters. The molecule has 2 aromatic rings. The number of pyridine rings is 1. The Balaban J connectivity index is 2.25. The first-order valence-electron chi connectivity index (χ1n) is 5.99. The van der Waals surface area contributed by atoms with Crippen LogP contribution < -0.4 is 10.9 Å². The van der Waals surface area contributed by atoms with Crippen molar-refractivity contribution in [3.63, 3.8) is 0 Å². The van der Waals surface area contributed by atoms with Crippen molar-refractivity contribution in [2.45, 2.75) is 19.5 Å². The molecule has 102 valence electrons. The lowest BCUT2D eigenvalue weighted by molar-refractivity contribution is 0.658. The molecule has 2 aromatic heterocycles. The highest BCUT2D eigenvalue weighted by Gasteiger charge is 2.11. The van der Waals surface area contributed by atoms with Crippen molar-refractivity contribution in [3.05, 3.63) is 51.1 Å². The maximum absolute atomic E-state index is 12.0. The second-order valence-electron chi connectivity index (χ2n) is 4.19. The number of hydrogen-bond acceptors (Lipinski definition) is 4. The zero-order chi connectivity index (χ0) is 14.5. The van der Waals surface area contributed by atoms with Gasteiger partial charge in [-0.1, -0.05) is 12.0 Å². The van der Waals surface area contributed by atoms with Gasteiger partial charge in [0.25, 0.3) is 5.56 Å². The van der Waals surface area contributed by atoms with E-state index in [9.17, 15) is 4.79 Å². The molecule has 0 aliphatic rings. The summed E-state index contributed by atoms with van der Waals surface area (Å²) < 4.78 is 1.64. The summed E-state index contributed by atoms with van der Waals surface area (Å²) in [4.78, 5) is 16.1. The van der Waals surface area contributed by atoms with E-state index < -0.39 is 0 Å². The molecule has 6 heteroatoms. The average Bonchev–Trinajstić information content (AvgIpc) is 2.48. The molecule has 0 aliphatic carbocycles. The third-order valence-electron chi connectivity index (χ3n) is 2.78. The van der Waals surface area contributed by atoms with E-state index in [1.807, 2.05) is 19.1 Å². The quantitative estimate of drug-likeness (QED) is 0.872. The molecule has 0 saturated heterocycles. The van der Waals surface area contributed by atoms with Crippen LogP contribution >= 0.6 is 15.9 Å². The lowest BCUT2D eigenvalue weighted by atomic mass is 10.1. The zero-order valence-corrected chi connectivity index (χ0v) is 12.5. The molecule has 0 aromatic carbocycles. The summed E-state index contributed by atoms with van der Waals surface area (Å²) in [7, 11) is 0. The van der Waals surface area contributed by atoms with Crippen LogP contribution in [0.1, 0.15) is 18.5 Å². The molecule has 0 amide bonds. The molecular formula is C14H13BrN4O. The molecule has 0 radical (unpaired) electrons. The van der Waals surface area contributed by atoms with E-state index in [2.05, 4.69) is 37.2 Å². The van der Waals surface area contributed by atoms with Gasteiger partial charge in [-0.25, -0.2) is 4.68 Å². The zero-order valence-electron chi connectivity index (χ0n) is 10.9. The monoisotopic (exact) mass is 332 g/mol. The number of rotatable bonds is 4. The summed E-state index contributed by atoms with van der Waals surface area (Å²) in [6.07, 6.45) is 10.3. The van der Waals surface area contributed by atoms with Crippen LogP contribution in [0.4, 0.5) is 5.69 Å². The van der Waals surface area contributed by atoms with Crippen LogP contribution in [0.15, 0.2) is 40.0 Å². The molecule has 0 saturated carbocycles. The minimum Gasteiger partial charge on any atom is -0.376 e. The Morgan fingerprint density at radius 3 is 3.00 bits per heavy atom. The summed E-state index contributed by atoms with van der Waals surface area (Å²) in [5.74, 6) is 2.39. The Labute approximate surface area is 125 Å². The highest BCUT2D eigenvalue weighted by molar-refractivity contribution is 9.10. The molecule has 0 aliphatic heterocycles. The maximum Gasteiger partial charge on any atom is 0.284 e. The molecule has 1 unspecified atom stereocenters. The van der Waals surface area contributed by atoms with E-state index in [1.54, 1.807) is 18.6 Å². The number of hydrogen-bond donors (Lipinski definition) is 1. The maximum atomic E-state index is 12.0. The Kier molecular flexibility index (Phi) is 4.53. The first-order chi connectivity index (χ1) is 9.63. The minimum atomic E-state index is -0.258. The standard InChI is InChI=1S/C14H13BrN4O/c1-3-7-19-14(20)13(15)12(9-17-19)18-10(2)11-5-4-6-16-8-11/h1,4-6,8-10,18H,7H2,2H3. The third-order valence-corrected chi connectivity index (χ3v) is 3.55. The van der Waals surface area contributed by atoms with Gasteiger partial charge in [0, 0.05) is 12.4 Å². The minimum absolute atomic E-state index is 0.00434. The summed E-state index contributed by atoms with van der Waals surface area (Å²) in [6.45, 7) is 2.13. The van der Waals surface area contributed by atoms with Crippen molar-refractivity contribution in [3.8, 4) is 12.3 Å². The summed E-state index contributed by atoms with van der Waals surface area (Å²) in [6, 6.07) is 3.83. The van der Waals surface area contributed by atoms with E-state index in [1.165, 1.54) is 4.68 Å². The van der Waals surface area contributed by atoms with E-state index in [0.717, 1.165) is 5.56 Å². The SMILES string of the molecule is C#CCn1ncc(NC(C)c2cccnc2)c(Br)c1=O. The van der Waals surface area contributed by atoms with Gasteiger partial charge >= 0.3 is 0 Å². The fourth-order valence-corrected chi connectivity index (χ4v) is 2.13. The van der Waals surface area contributed by atoms with Crippen LogP contribution in [0.3, 0.4) is 0 Å². The highest BCUT2D eigenvalue weighted by Crippen LogP contribution is 2.22. The normalized spacial score (nSPS) is 11.7. The Morgan fingerprint density at radius 1 is 1.55 bits per heavy atom. The fraction of sp³-hybridized carbons (Fsp3) is 0.214. The summed E-state index contributed by atoms with van der Waals surface area (Å²) in [5.41, 5.74) is 1.39. The molecule has 2 rings (SSSR count). The van der Waals surface area contributed by atoms with Gasteiger partial charge in [0.2, 0.25) is 0 Å². The van der Waals surface area contributed by atoms with Crippen molar-refractivity contribution in [2.24, 2.45) is 0 Å². The largest absolute Gasteiger partial charge is 0.376 e. The Hall–Kier alpha value is -2.13. The fourth-order valence-electron chi connectivity index (χ4n) is 1.71. The second kappa shape index (κ2) is 6.35. The smallest absolute Gasteiger partial charge is 0.284 e. The Morgan fingerprint density at radius 2 is 2.35 bits per heavy atom. The third kappa shape index (κ3) is 3.06. The van der Waals surface area contributed by atoms with Crippen molar-refractivity contribution in [1.29, 1.82) is 0 Å². The average molecular weight is 333 g/mol. The van der Waals surface area contributed by atoms with Crippen LogP contribution in [0, 0.1) is 12.3 Å². The number of halogens is 1. The van der Waals surface area contributed by atoms with Gasteiger partial charge in [0.05, 0.1) is 17.9 Å². The number of anilines is 1. The molecule has 0 spiro atoms. The van der Waals surface area contributed by atoms with Gasteiger partial charge in [-0.15, -0.1) is 6.42 Å². The molecule has 0 bridgehead atoms. The lowest BCUT2D eigenvalue weighted by Gasteiger charge is -2.16. The first-order valence-corrected chi connectivity index (χ1v) is 6.78.